The second kappa shape index (κ2) is 6.42. The van der Waals surface area contributed by atoms with Crippen LogP contribution in [0.4, 0.5) is 0 Å². The Hall–Kier alpha value is -0.320. The van der Waals surface area contributed by atoms with Crippen LogP contribution < -0.4 is 10.5 Å². The molecule has 0 saturated carbocycles. The Bertz CT molecular complexity index is 398. The highest BCUT2D eigenvalue weighted by atomic mass is 79.9. The van der Waals surface area contributed by atoms with Gasteiger partial charge in [0, 0.05) is 5.02 Å². The molecule has 0 atom stereocenters. The summed E-state index contributed by atoms with van der Waals surface area (Å²) in [5.41, 5.74) is 6.30. The molecule has 1 aromatic rings. The Morgan fingerprint density at radius 3 is 2.81 bits per heavy atom. The third kappa shape index (κ3) is 3.61. The number of benzene rings is 1. The lowest BCUT2D eigenvalue weighted by molar-refractivity contribution is 0.307. The summed E-state index contributed by atoms with van der Waals surface area (Å²) in [6.07, 6.45) is 2.07. The van der Waals surface area contributed by atoms with Gasteiger partial charge in [0.2, 0.25) is 0 Å². The highest BCUT2D eigenvalue weighted by Crippen LogP contribution is 2.32. The quantitative estimate of drug-likeness (QED) is 0.659. The second-order valence-corrected chi connectivity index (χ2v) is 5.06. The number of ether oxygens (including phenoxy) is 1. The van der Waals surface area contributed by atoms with Crippen molar-refractivity contribution < 1.29 is 4.74 Å². The molecule has 0 radical (unpaired) electrons. The van der Waals surface area contributed by atoms with Gasteiger partial charge in [0.05, 0.1) is 16.6 Å². The van der Waals surface area contributed by atoms with Crippen LogP contribution in [0.15, 0.2) is 16.6 Å². The summed E-state index contributed by atoms with van der Waals surface area (Å²) in [6.45, 7) is 2.75. The SMILES string of the molecule is CCCCOc1c(Br)cc(Cl)cc1C(N)=S. The zero-order valence-corrected chi connectivity index (χ0v) is 12.1. The molecular formula is C11H13BrClNOS. The van der Waals surface area contributed by atoms with E-state index in [1.165, 1.54) is 0 Å². The van der Waals surface area contributed by atoms with E-state index in [4.69, 9.17) is 34.3 Å². The molecule has 0 unspecified atom stereocenters. The summed E-state index contributed by atoms with van der Waals surface area (Å²) in [5.74, 6) is 0.672. The van der Waals surface area contributed by atoms with E-state index in [1.54, 1.807) is 12.1 Å². The molecule has 0 heterocycles. The van der Waals surface area contributed by atoms with Crippen LogP contribution in [0.1, 0.15) is 25.3 Å². The van der Waals surface area contributed by atoms with Crippen LogP contribution in [0, 0.1) is 0 Å². The minimum Gasteiger partial charge on any atom is -0.492 e. The summed E-state index contributed by atoms with van der Waals surface area (Å²) >= 11 is 14.3. The molecule has 0 aliphatic rings. The Balaban J connectivity index is 2.99. The minimum absolute atomic E-state index is 0.287. The van der Waals surface area contributed by atoms with Gasteiger partial charge in [-0.3, -0.25) is 0 Å². The minimum atomic E-state index is 0.287. The first-order chi connectivity index (χ1) is 7.56. The molecule has 5 heteroatoms. The van der Waals surface area contributed by atoms with Crippen molar-refractivity contribution in [3.05, 3.63) is 27.2 Å². The zero-order valence-electron chi connectivity index (χ0n) is 8.93. The Morgan fingerprint density at radius 1 is 1.56 bits per heavy atom. The predicted octanol–water partition coefficient (Wildman–Crippen LogP) is 3.92. The molecule has 0 amide bonds. The molecule has 0 aliphatic carbocycles. The van der Waals surface area contributed by atoms with E-state index in [9.17, 15) is 0 Å². The lowest BCUT2D eigenvalue weighted by Crippen LogP contribution is -2.12. The first-order valence-electron chi connectivity index (χ1n) is 4.98. The van der Waals surface area contributed by atoms with Gasteiger partial charge >= 0.3 is 0 Å². The maximum Gasteiger partial charge on any atom is 0.143 e. The van der Waals surface area contributed by atoms with E-state index >= 15 is 0 Å². The largest absolute Gasteiger partial charge is 0.492 e. The lowest BCUT2D eigenvalue weighted by atomic mass is 10.2. The van der Waals surface area contributed by atoms with Gasteiger partial charge in [0.1, 0.15) is 10.7 Å². The molecule has 0 aromatic heterocycles. The summed E-state index contributed by atoms with van der Waals surface area (Å²) in [5, 5.41) is 0.581. The summed E-state index contributed by atoms with van der Waals surface area (Å²) in [7, 11) is 0. The van der Waals surface area contributed by atoms with Gasteiger partial charge in [-0.1, -0.05) is 37.2 Å². The maximum absolute atomic E-state index is 5.93. The number of hydrogen-bond acceptors (Lipinski definition) is 2. The van der Waals surface area contributed by atoms with Crippen LogP contribution in [0.25, 0.3) is 0 Å². The van der Waals surface area contributed by atoms with Crippen LogP contribution in [0.2, 0.25) is 5.02 Å². The smallest absolute Gasteiger partial charge is 0.143 e. The zero-order chi connectivity index (χ0) is 12.1. The molecule has 2 N–H and O–H groups in total. The van der Waals surface area contributed by atoms with Gasteiger partial charge in [-0.15, -0.1) is 0 Å². The maximum atomic E-state index is 5.93. The van der Waals surface area contributed by atoms with Gasteiger partial charge in [0.25, 0.3) is 0 Å². The molecule has 0 spiro atoms. The van der Waals surface area contributed by atoms with Crippen molar-refractivity contribution in [2.45, 2.75) is 19.8 Å². The molecule has 0 fully saturated rings. The van der Waals surface area contributed by atoms with Crippen LogP contribution >= 0.6 is 39.7 Å². The number of thiocarbonyl (C=S) groups is 1. The van der Waals surface area contributed by atoms with Crippen LogP contribution in [0.5, 0.6) is 5.75 Å². The van der Waals surface area contributed by atoms with Gasteiger partial charge in [-0.2, -0.15) is 0 Å². The molecule has 2 nitrogen and oxygen atoms in total. The van der Waals surface area contributed by atoms with Gasteiger partial charge in [0.15, 0.2) is 0 Å². The fourth-order valence-electron chi connectivity index (χ4n) is 1.21. The molecule has 16 heavy (non-hydrogen) atoms. The third-order valence-corrected chi connectivity index (χ3v) is 3.05. The monoisotopic (exact) mass is 321 g/mol. The highest BCUT2D eigenvalue weighted by molar-refractivity contribution is 9.10. The normalized spacial score (nSPS) is 10.2. The van der Waals surface area contributed by atoms with Crippen LogP contribution in [-0.2, 0) is 0 Å². The number of unbranched alkanes of at least 4 members (excludes halogenated alkanes) is 1. The average molecular weight is 323 g/mol. The van der Waals surface area contributed by atoms with E-state index < -0.39 is 0 Å². The Morgan fingerprint density at radius 2 is 2.25 bits per heavy atom. The molecule has 1 aromatic carbocycles. The molecule has 1 rings (SSSR count). The van der Waals surface area contributed by atoms with Crippen LogP contribution in [-0.4, -0.2) is 11.6 Å². The molecular weight excluding hydrogens is 310 g/mol. The molecule has 0 bridgehead atoms. The standard InChI is InChI=1S/C11H13BrClNOS/c1-2-3-4-15-10-8(11(14)16)5-7(13)6-9(10)12/h5-6H,2-4H2,1H3,(H2,14,16). The summed E-state index contributed by atoms with van der Waals surface area (Å²) in [4.78, 5) is 0.287. The number of rotatable bonds is 5. The predicted molar refractivity (Wildman–Crippen MR) is 75.4 cm³/mol. The fraction of sp³-hybridized carbons (Fsp3) is 0.364. The number of halogens is 2. The van der Waals surface area contributed by atoms with Crippen molar-refractivity contribution in [2.75, 3.05) is 6.61 Å². The average Bonchev–Trinajstić information content (AvgIpc) is 2.20. The Labute approximate surface area is 114 Å². The van der Waals surface area contributed by atoms with E-state index in [0.717, 1.165) is 17.3 Å². The fourth-order valence-corrected chi connectivity index (χ4v) is 2.28. The summed E-state index contributed by atoms with van der Waals surface area (Å²) < 4.78 is 6.43. The van der Waals surface area contributed by atoms with E-state index in [2.05, 4.69) is 22.9 Å². The summed E-state index contributed by atoms with van der Waals surface area (Å²) in [6, 6.07) is 3.49. The van der Waals surface area contributed by atoms with E-state index in [0.29, 0.717) is 22.9 Å². The highest BCUT2D eigenvalue weighted by Gasteiger charge is 2.12. The first kappa shape index (κ1) is 13.7. The number of nitrogens with two attached hydrogens (primary N) is 1. The van der Waals surface area contributed by atoms with Crippen molar-refractivity contribution in [1.29, 1.82) is 0 Å². The topological polar surface area (TPSA) is 35.2 Å². The van der Waals surface area contributed by atoms with Crippen molar-refractivity contribution in [3.63, 3.8) is 0 Å². The van der Waals surface area contributed by atoms with Gasteiger partial charge in [-0.05, 0) is 34.5 Å². The lowest BCUT2D eigenvalue weighted by Gasteiger charge is -2.12. The van der Waals surface area contributed by atoms with E-state index in [-0.39, 0.29) is 4.99 Å². The van der Waals surface area contributed by atoms with Crippen molar-refractivity contribution in [3.8, 4) is 5.75 Å². The number of hydrogen-bond donors (Lipinski definition) is 1. The second-order valence-electron chi connectivity index (χ2n) is 3.33. The van der Waals surface area contributed by atoms with Crippen LogP contribution in [0.3, 0.4) is 0 Å². The molecule has 0 saturated heterocycles. The first-order valence-corrected chi connectivity index (χ1v) is 6.55. The third-order valence-electron chi connectivity index (χ3n) is 2.02. The molecule has 88 valence electrons. The van der Waals surface area contributed by atoms with E-state index in [1.807, 2.05) is 0 Å². The van der Waals surface area contributed by atoms with Crippen molar-refractivity contribution >= 4 is 44.7 Å². The molecule has 0 aliphatic heterocycles. The van der Waals surface area contributed by atoms with Crippen molar-refractivity contribution in [1.82, 2.24) is 0 Å². The van der Waals surface area contributed by atoms with Gasteiger partial charge in [-0.25, -0.2) is 0 Å². The Kier molecular flexibility index (Phi) is 5.52. The van der Waals surface area contributed by atoms with Gasteiger partial charge < -0.3 is 10.5 Å². The van der Waals surface area contributed by atoms with Crippen molar-refractivity contribution in [2.24, 2.45) is 5.73 Å².